The number of methoxy groups -OCH3 is 1. The van der Waals surface area contributed by atoms with Crippen molar-refractivity contribution in [2.45, 2.75) is 31.7 Å². The molecule has 0 aromatic carbocycles. The van der Waals surface area contributed by atoms with Crippen LogP contribution in [0.25, 0.3) is 0 Å². The largest absolute Gasteiger partial charge is 0.468 e. The lowest BCUT2D eigenvalue weighted by atomic mass is 10.0. The third-order valence-corrected chi connectivity index (χ3v) is 5.07. The highest BCUT2D eigenvalue weighted by Crippen LogP contribution is 2.18. The van der Waals surface area contributed by atoms with Crippen molar-refractivity contribution in [1.82, 2.24) is 4.90 Å². The first-order chi connectivity index (χ1) is 9.35. The molecule has 0 bridgehead atoms. The van der Waals surface area contributed by atoms with Crippen LogP contribution in [0.5, 0.6) is 0 Å². The Bertz CT molecular complexity index is 449. The smallest absolute Gasteiger partial charge is 0.323 e. The lowest BCUT2D eigenvalue weighted by molar-refractivity contribution is -0.148. The Balaban J connectivity index is 2.53. The Morgan fingerprint density at radius 2 is 2.00 bits per heavy atom. The Kier molecular flexibility index (Phi) is 6.41. The Morgan fingerprint density at radius 3 is 2.60 bits per heavy atom. The molecule has 1 rings (SSSR count). The van der Waals surface area contributed by atoms with Gasteiger partial charge in [-0.15, -0.1) is 0 Å². The molecule has 0 aromatic rings. The van der Waals surface area contributed by atoms with Crippen LogP contribution in [0.4, 0.5) is 0 Å². The van der Waals surface area contributed by atoms with Crippen LogP contribution in [0, 0.1) is 0 Å². The van der Waals surface area contributed by atoms with Crippen LogP contribution in [0.1, 0.15) is 25.7 Å². The zero-order chi connectivity index (χ0) is 15.2. The molecule has 1 atom stereocenters. The van der Waals surface area contributed by atoms with E-state index in [0.29, 0.717) is 13.0 Å². The number of nitrogens with zero attached hydrogens (tertiary/aromatic N) is 1. The van der Waals surface area contributed by atoms with Gasteiger partial charge in [0.15, 0.2) is 9.84 Å². The van der Waals surface area contributed by atoms with Gasteiger partial charge in [0, 0.05) is 13.0 Å². The van der Waals surface area contributed by atoms with E-state index in [1.807, 2.05) is 4.90 Å². The van der Waals surface area contributed by atoms with Gasteiger partial charge >= 0.3 is 5.97 Å². The molecule has 2 N–H and O–H groups in total. The van der Waals surface area contributed by atoms with Crippen LogP contribution in [-0.4, -0.2) is 62.9 Å². The lowest BCUT2D eigenvalue weighted by Gasteiger charge is -2.33. The van der Waals surface area contributed by atoms with Crippen LogP contribution in [0.2, 0.25) is 0 Å². The fourth-order valence-corrected chi connectivity index (χ4v) is 3.51. The quantitative estimate of drug-likeness (QED) is 0.624. The van der Waals surface area contributed by atoms with E-state index in [1.165, 1.54) is 7.11 Å². The van der Waals surface area contributed by atoms with E-state index < -0.39 is 15.7 Å². The monoisotopic (exact) mass is 306 g/mol. The molecule has 0 unspecified atom stereocenters. The highest BCUT2D eigenvalue weighted by Gasteiger charge is 2.30. The third-order valence-electron chi connectivity index (χ3n) is 3.44. The number of esters is 1. The molecule has 1 heterocycles. The second-order valence-corrected chi connectivity index (χ2v) is 7.24. The van der Waals surface area contributed by atoms with Crippen molar-refractivity contribution in [3.05, 3.63) is 0 Å². The molecule has 8 heteroatoms. The summed E-state index contributed by atoms with van der Waals surface area (Å²) in [5, 5.41) is 0. The maximum atomic E-state index is 11.8. The van der Waals surface area contributed by atoms with Crippen LogP contribution in [-0.2, 0) is 24.2 Å². The molecular weight excluding hydrogens is 284 g/mol. The molecule has 0 radical (unpaired) electrons. The van der Waals surface area contributed by atoms with Gasteiger partial charge < -0.3 is 10.5 Å². The first-order valence-corrected chi connectivity index (χ1v) is 8.48. The molecule has 7 nitrogen and oxygen atoms in total. The van der Waals surface area contributed by atoms with Crippen LogP contribution in [0.3, 0.4) is 0 Å². The van der Waals surface area contributed by atoms with Crippen molar-refractivity contribution in [3.63, 3.8) is 0 Å². The number of hydrogen-bond acceptors (Lipinski definition) is 6. The number of primary amides is 1. The number of piperidine rings is 1. The van der Waals surface area contributed by atoms with E-state index in [1.54, 1.807) is 0 Å². The molecule has 116 valence electrons. The topological polar surface area (TPSA) is 107 Å². The zero-order valence-corrected chi connectivity index (χ0v) is 12.5. The van der Waals surface area contributed by atoms with Crippen molar-refractivity contribution < 1.29 is 22.7 Å². The van der Waals surface area contributed by atoms with Crippen molar-refractivity contribution in [1.29, 1.82) is 0 Å². The van der Waals surface area contributed by atoms with Crippen LogP contribution < -0.4 is 5.73 Å². The number of carbonyl (C=O) groups excluding carboxylic acids is 2. The maximum Gasteiger partial charge on any atom is 0.323 e. The second kappa shape index (κ2) is 7.58. The fraction of sp³-hybridized carbons (Fsp3) is 0.833. The summed E-state index contributed by atoms with van der Waals surface area (Å²) in [7, 11) is -1.99. The molecule has 0 saturated carbocycles. The Morgan fingerprint density at radius 1 is 1.30 bits per heavy atom. The summed E-state index contributed by atoms with van der Waals surface area (Å²) in [4.78, 5) is 24.1. The zero-order valence-electron chi connectivity index (χ0n) is 11.7. The van der Waals surface area contributed by atoms with E-state index >= 15 is 0 Å². The predicted molar refractivity (Wildman–Crippen MR) is 73.7 cm³/mol. The number of ether oxygens (including phenoxy) is 1. The SMILES string of the molecule is COC(=O)[C@H]1CCCCN1CCS(=O)(=O)CCC(N)=O. The first-order valence-electron chi connectivity index (χ1n) is 6.66. The van der Waals surface area contributed by atoms with Gasteiger partial charge in [-0.1, -0.05) is 6.42 Å². The third kappa shape index (κ3) is 5.46. The van der Waals surface area contributed by atoms with E-state index in [2.05, 4.69) is 0 Å². The van der Waals surface area contributed by atoms with Gasteiger partial charge in [-0.3, -0.25) is 14.5 Å². The minimum atomic E-state index is -3.33. The number of sulfone groups is 1. The molecule has 0 aliphatic carbocycles. The highest BCUT2D eigenvalue weighted by molar-refractivity contribution is 7.91. The Labute approximate surface area is 119 Å². The molecule has 1 saturated heterocycles. The van der Waals surface area contributed by atoms with Crippen molar-refractivity contribution in [2.24, 2.45) is 5.73 Å². The second-order valence-electron chi connectivity index (χ2n) is 4.94. The summed E-state index contributed by atoms with van der Waals surface area (Å²) in [6.45, 7) is 0.964. The van der Waals surface area contributed by atoms with Crippen LogP contribution >= 0.6 is 0 Å². The molecular formula is C12H22N2O5S. The fourth-order valence-electron chi connectivity index (χ4n) is 2.28. The summed E-state index contributed by atoms with van der Waals surface area (Å²) in [5.41, 5.74) is 4.94. The summed E-state index contributed by atoms with van der Waals surface area (Å²) >= 11 is 0. The number of rotatable bonds is 7. The molecule has 1 fully saturated rings. The van der Waals surface area contributed by atoms with Gasteiger partial charge in [0.2, 0.25) is 5.91 Å². The average Bonchev–Trinajstić information content (AvgIpc) is 2.43. The molecule has 0 aromatic heterocycles. The molecule has 20 heavy (non-hydrogen) atoms. The summed E-state index contributed by atoms with van der Waals surface area (Å²) in [6, 6.07) is -0.361. The minimum absolute atomic E-state index is 0.0756. The lowest BCUT2D eigenvalue weighted by Crippen LogP contribution is -2.47. The summed E-state index contributed by atoms with van der Waals surface area (Å²) < 4.78 is 28.3. The standard InChI is InChI=1S/C12H22N2O5S/c1-19-12(16)10-4-2-3-6-14(10)7-9-20(17,18)8-5-11(13)15/h10H,2-9H2,1H3,(H2,13,15)/t10-/m1/s1. The summed E-state index contributed by atoms with van der Waals surface area (Å²) in [5.74, 6) is -1.26. The average molecular weight is 306 g/mol. The minimum Gasteiger partial charge on any atom is -0.468 e. The van der Waals surface area contributed by atoms with Crippen molar-refractivity contribution in [3.8, 4) is 0 Å². The van der Waals surface area contributed by atoms with E-state index in [0.717, 1.165) is 12.8 Å². The normalized spacial score (nSPS) is 20.6. The van der Waals surface area contributed by atoms with Crippen molar-refractivity contribution in [2.75, 3.05) is 31.7 Å². The number of nitrogens with two attached hydrogens (primary N) is 1. The van der Waals surface area contributed by atoms with Gasteiger partial charge in [0.1, 0.15) is 6.04 Å². The maximum absolute atomic E-state index is 11.8. The van der Waals surface area contributed by atoms with Crippen LogP contribution in [0.15, 0.2) is 0 Å². The molecule has 0 spiro atoms. The first kappa shape index (κ1) is 16.9. The molecule has 1 amide bonds. The Hall–Kier alpha value is -1.15. The molecule has 1 aliphatic heterocycles. The predicted octanol–water partition coefficient (Wildman–Crippen LogP) is -0.696. The van der Waals surface area contributed by atoms with Gasteiger partial charge in [-0.05, 0) is 19.4 Å². The van der Waals surface area contributed by atoms with Gasteiger partial charge in [-0.2, -0.15) is 0 Å². The van der Waals surface area contributed by atoms with E-state index in [9.17, 15) is 18.0 Å². The number of carbonyl (C=O) groups is 2. The molecule has 1 aliphatic rings. The number of hydrogen-bond donors (Lipinski definition) is 1. The highest BCUT2D eigenvalue weighted by atomic mass is 32.2. The van der Waals surface area contributed by atoms with E-state index in [-0.39, 0.29) is 36.5 Å². The van der Waals surface area contributed by atoms with Crippen molar-refractivity contribution >= 4 is 21.7 Å². The van der Waals surface area contributed by atoms with Gasteiger partial charge in [0.25, 0.3) is 0 Å². The van der Waals surface area contributed by atoms with Gasteiger partial charge in [0.05, 0.1) is 18.6 Å². The number of likely N-dealkylation sites (tertiary alicyclic amines) is 1. The summed E-state index contributed by atoms with van der Waals surface area (Å²) in [6.07, 6.45) is 2.40. The van der Waals surface area contributed by atoms with Gasteiger partial charge in [-0.25, -0.2) is 8.42 Å². The number of amides is 1. The van der Waals surface area contributed by atoms with E-state index in [4.69, 9.17) is 10.5 Å².